The maximum absolute atomic E-state index is 13.7. The van der Waals surface area contributed by atoms with E-state index in [0.29, 0.717) is 11.5 Å². The second-order valence-corrected chi connectivity index (χ2v) is 5.99. The van der Waals surface area contributed by atoms with E-state index in [1.54, 1.807) is 7.05 Å². The molecule has 3 atom stereocenters. The number of nitrogens with one attached hydrogen (secondary N) is 1. The van der Waals surface area contributed by atoms with E-state index < -0.39 is 17.6 Å². The molecule has 2 aliphatic rings. The molecule has 3 unspecified atom stereocenters. The van der Waals surface area contributed by atoms with Crippen LogP contribution in [0.1, 0.15) is 36.4 Å². The molecule has 110 valence electrons. The molecule has 1 N–H and O–H groups in total. The molecular weight excluding hydrogens is 270 g/mol. The van der Waals surface area contributed by atoms with Crippen molar-refractivity contribution in [1.29, 1.82) is 0 Å². The van der Waals surface area contributed by atoms with Gasteiger partial charge in [0.05, 0.1) is 5.56 Å². The minimum Gasteiger partial charge on any atom is -0.313 e. The van der Waals surface area contributed by atoms with Crippen molar-refractivity contribution in [2.75, 3.05) is 7.05 Å². The normalized spacial score (nSPS) is 30.1. The number of hydrogen-bond acceptors (Lipinski definition) is 1. The van der Waals surface area contributed by atoms with Gasteiger partial charge in [0, 0.05) is 6.04 Å². The van der Waals surface area contributed by atoms with Crippen LogP contribution in [0.5, 0.6) is 0 Å². The average molecular weight is 287 g/mol. The highest BCUT2D eigenvalue weighted by Gasteiger charge is 2.48. The molecule has 2 aliphatic carbocycles. The van der Waals surface area contributed by atoms with Gasteiger partial charge >= 0.3 is 6.18 Å². The van der Waals surface area contributed by atoms with E-state index in [4.69, 9.17) is 0 Å². The first-order valence-electron chi connectivity index (χ1n) is 6.94. The molecule has 20 heavy (non-hydrogen) atoms. The topological polar surface area (TPSA) is 12.0 Å². The lowest BCUT2D eigenvalue weighted by molar-refractivity contribution is -0.140. The number of halogens is 4. The molecule has 3 rings (SSSR count). The fraction of sp³-hybridized carbons (Fsp3) is 0.600. The quantitative estimate of drug-likeness (QED) is 0.823. The average Bonchev–Trinajstić information content (AvgIpc) is 2.96. The lowest BCUT2D eigenvalue weighted by Crippen LogP contribution is -2.25. The summed E-state index contributed by atoms with van der Waals surface area (Å²) in [6, 6.07) is 3.23. The van der Waals surface area contributed by atoms with Gasteiger partial charge in [-0.05, 0) is 61.8 Å². The Morgan fingerprint density at radius 2 is 1.80 bits per heavy atom. The summed E-state index contributed by atoms with van der Waals surface area (Å²) in [6.07, 6.45) is -1.15. The maximum Gasteiger partial charge on any atom is 0.419 e. The van der Waals surface area contributed by atoms with Gasteiger partial charge in [0.25, 0.3) is 0 Å². The molecule has 1 nitrogen and oxygen atoms in total. The number of benzene rings is 1. The molecule has 0 saturated heterocycles. The highest BCUT2D eigenvalue weighted by Crippen LogP contribution is 2.57. The Morgan fingerprint density at radius 1 is 1.15 bits per heavy atom. The monoisotopic (exact) mass is 287 g/mol. The molecule has 0 heterocycles. The summed E-state index contributed by atoms with van der Waals surface area (Å²) >= 11 is 0. The second-order valence-electron chi connectivity index (χ2n) is 5.99. The van der Waals surface area contributed by atoms with Crippen LogP contribution < -0.4 is 5.32 Å². The molecular formula is C15H17F4N. The summed E-state index contributed by atoms with van der Waals surface area (Å²) < 4.78 is 51.4. The Kier molecular flexibility index (Phi) is 3.27. The number of fused-ring (bicyclic) bond motifs is 1. The zero-order valence-electron chi connectivity index (χ0n) is 11.2. The molecule has 0 aromatic heterocycles. The van der Waals surface area contributed by atoms with Gasteiger partial charge in [-0.3, -0.25) is 0 Å². The maximum atomic E-state index is 13.7. The van der Waals surface area contributed by atoms with Gasteiger partial charge in [-0.1, -0.05) is 6.07 Å². The molecule has 0 amide bonds. The molecule has 0 bridgehead atoms. The van der Waals surface area contributed by atoms with Crippen LogP contribution >= 0.6 is 0 Å². The summed E-state index contributed by atoms with van der Waals surface area (Å²) in [7, 11) is 1.78. The highest BCUT2D eigenvalue weighted by atomic mass is 19.4. The van der Waals surface area contributed by atoms with Crippen molar-refractivity contribution in [2.24, 2.45) is 17.8 Å². The highest BCUT2D eigenvalue weighted by molar-refractivity contribution is 5.29. The van der Waals surface area contributed by atoms with Crippen LogP contribution in [-0.2, 0) is 6.18 Å². The fourth-order valence-corrected chi connectivity index (χ4v) is 3.66. The van der Waals surface area contributed by atoms with E-state index in [1.807, 2.05) is 0 Å². The van der Waals surface area contributed by atoms with Crippen LogP contribution in [0, 0.1) is 23.6 Å². The Hall–Kier alpha value is -1.10. The van der Waals surface area contributed by atoms with Gasteiger partial charge in [-0.25, -0.2) is 4.39 Å². The zero-order valence-corrected chi connectivity index (χ0v) is 11.2. The second kappa shape index (κ2) is 4.72. The van der Waals surface area contributed by atoms with Crippen molar-refractivity contribution in [3.05, 3.63) is 35.1 Å². The summed E-state index contributed by atoms with van der Waals surface area (Å²) in [5, 5.41) is 3.14. The largest absolute Gasteiger partial charge is 0.419 e. The molecule has 2 fully saturated rings. The number of alkyl halides is 3. The Labute approximate surface area is 115 Å². The van der Waals surface area contributed by atoms with Gasteiger partial charge in [0.15, 0.2) is 0 Å². The van der Waals surface area contributed by atoms with Crippen molar-refractivity contribution < 1.29 is 17.6 Å². The van der Waals surface area contributed by atoms with Crippen molar-refractivity contribution in [2.45, 2.75) is 31.5 Å². The first kappa shape index (κ1) is 13.9. The minimum atomic E-state index is -4.63. The summed E-state index contributed by atoms with van der Waals surface area (Å²) in [6.45, 7) is 0. The van der Waals surface area contributed by atoms with Crippen molar-refractivity contribution in [3.8, 4) is 0 Å². The predicted octanol–water partition coefficient (Wildman–Crippen LogP) is 4.15. The molecule has 0 radical (unpaired) electrons. The molecule has 0 spiro atoms. The van der Waals surface area contributed by atoms with Crippen molar-refractivity contribution >= 4 is 0 Å². The van der Waals surface area contributed by atoms with E-state index in [2.05, 4.69) is 5.32 Å². The van der Waals surface area contributed by atoms with Crippen LogP contribution in [0.2, 0.25) is 0 Å². The third kappa shape index (κ3) is 2.43. The fourth-order valence-electron chi connectivity index (χ4n) is 3.66. The van der Waals surface area contributed by atoms with Crippen LogP contribution in [-0.4, -0.2) is 7.05 Å². The summed E-state index contributed by atoms with van der Waals surface area (Å²) in [5.74, 6) is 0.795. The Bertz CT molecular complexity index is 501. The predicted molar refractivity (Wildman–Crippen MR) is 67.5 cm³/mol. The smallest absolute Gasteiger partial charge is 0.313 e. The van der Waals surface area contributed by atoms with E-state index in [1.165, 1.54) is 12.5 Å². The number of hydrogen-bond donors (Lipinski definition) is 1. The molecule has 1 aromatic carbocycles. The van der Waals surface area contributed by atoms with E-state index in [9.17, 15) is 17.6 Å². The molecule has 1 aromatic rings. The van der Waals surface area contributed by atoms with Crippen LogP contribution in [0.25, 0.3) is 0 Å². The first-order valence-corrected chi connectivity index (χ1v) is 6.94. The zero-order chi connectivity index (χ0) is 14.5. The van der Waals surface area contributed by atoms with Crippen LogP contribution in [0.3, 0.4) is 0 Å². The molecule has 5 heteroatoms. The van der Waals surface area contributed by atoms with Crippen LogP contribution in [0.15, 0.2) is 18.2 Å². The van der Waals surface area contributed by atoms with Gasteiger partial charge in [-0.2, -0.15) is 13.2 Å². The first-order chi connectivity index (χ1) is 9.40. The van der Waals surface area contributed by atoms with Gasteiger partial charge in [-0.15, -0.1) is 0 Å². The summed E-state index contributed by atoms with van der Waals surface area (Å²) in [4.78, 5) is 0. The Morgan fingerprint density at radius 3 is 2.30 bits per heavy atom. The van der Waals surface area contributed by atoms with E-state index >= 15 is 0 Å². The number of rotatable bonds is 3. The summed E-state index contributed by atoms with van der Waals surface area (Å²) in [5.41, 5.74) is -0.574. The molecule has 0 aliphatic heterocycles. The minimum absolute atomic E-state index is 0.0559. The van der Waals surface area contributed by atoms with Crippen molar-refractivity contribution in [3.63, 3.8) is 0 Å². The molecule has 2 saturated carbocycles. The van der Waals surface area contributed by atoms with Gasteiger partial charge in [0.2, 0.25) is 0 Å². The lowest BCUT2D eigenvalue weighted by Gasteiger charge is -2.25. The van der Waals surface area contributed by atoms with Crippen molar-refractivity contribution in [1.82, 2.24) is 5.32 Å². The van der Waals surface area contributed by atoms with Gasteiger partial charge in [0.1, 0.15) is 5.82 Å². The van der Waals surface area contributed by atoms with Gasteiger partial charge < -0.3 is 5.32 Å². The third-order valence-electron chi connectivity index (χ3n) is 4.72. The SMILES string of the molecule is CNC(c1ccc(C(F)(F)F)c(F)c1)C1CC2CC2C1. The van der Waals surface area contributed by atoms with E-state index in [0.717, 1.165) is 36.8 Å². The van der Waals surface area contributed by atoms with E-state index in [-0.39, 0.29) is 6.04 Å². The third-order valence-corrected chi connectivity index (χ3v) is 4.72. The Balaban J connectivity index is 1.83. The van der Waals surface area contributed by atoms with Crippen LogP contribution in [0.4, 0.5) is 17.6 Å². The standard InChI is InChI=1S/C15H17F4N/c1-20-14(11-5-9-4-10(9)6-11)8-2-3-12(13(16)7-8)15(17,18)19/h2-3,7,9-11,14,20H,4-6H2,1H3. The lowest BCUT2D eigenvalue weighted by atomic mass is 9.88.